The molecule has 1 amide bonds. The maximum atomic E-state index is 12.8. The zero-order valence-corrected chi connectivity index (χ0v) is 14.0. The van der Waals surface area contributed by atoms with Crippen molar-refractivity contribution in [1.82, 2.24) is 29.9 Å². The molecule has 0 bridgehead atoms. The number of hydrogen-bond donors (Lipinski definition) is 2. The van der Waals surface area contributed by atoms with E-state index in [4.69, 9.17) is 0 Å². The van der Waals surface area contributed by atoms with Crippen molar-refractivity contribution in [2.75, 3.05) is 13.1 Å². The number of aryl methyl sites for hydroxylation is 1. The molecule has 1 unspecified atom stereocenters. The van der Waals surface area contributed by atoms with Gasteiger partial charge in [-0.2, -0.15) is 10.2 Å². The maximum absolute atomic E-state index is 12.8. The molecule has 25 heavy (non-hydrogen) atoms. The Morgan fingerprint density at radius 2 is 2.20 bits per heavy atom. The number of nitrogens with one attached hydrogen (secondary N) is 2. The van der Waals surface area contributed by atoms with Crippen molar-refractivity contribution in [3.8, 4) is 0 Å². The first-order valence-corrected chi connectivity index (χ1v) is 8.45. The number of aromatic nitrogens is 5. The van der Waals surface area contributed by atoms with Crippen LogP contribution in [0.25, 0.3) is 10.9 Å². The molecule has 1 atom stereocenters. The van der Waals surface area contributed by atoms with Gasteiger partial charge in [0.1, 0.15) is 5.82 Å². The molecule has 8 heteroatoms. The fourth-order valence-electron chi connectivity index (χ4n) is 3.58. The van der Waals surface area contributed by atoms with Crippen LogP contribution in [0.3, 0.4) is 0 Å². The molecular formula is C17H20N6O2. The highest BCUT2D eigenvalue weighted by Gasteiger charge is 2.27. The minimum atomic E-state index is -0.307. The van der Waals surface area contributed by atoms with Gasteiger partial charge in [0.25, 0.3) is 0 Å². The van der Waals surface area contributed by atoms with Crippen LogP contribution in [0.5, 0.6) is 0 Å². The van der Waals surface area contributed by atoms with Gasteiger partial charge >= 0.3 is 5.69 Å². The monoisotopic (exact) mass is 340 g/mol. The molecule has 3 heterocycles. The predicted molar refractivity (Wildman–Crippen MR) is 92.2 cm³/mol. The molecule has 1 aliphatic rings. The second kappa shape index (κ2) is 6.19. The highest BCUT2D eigenvalue weighted by Crippen LogP contribution is 2.25. The van der Waals surface area contributed by atoms with Crippen molar-refractivity contribution in [3.63, 3.8) is 0 Å². The Labute approximate surface area is 143 Å². The molecular weight excluding hydrogens is 320 g/mol. The Kier molecular flexibility index (Phi) is 3.87. The number of piperidine rings is 1. The molecule has 2 N–H and O–H groups in total. The summed E-state index contributed by atoms with van der Waals surface area (Å²) in [6.45, 7) is 1.30. The number of hydrogen-bond acceptors (Lipinski definition) is 4. The van der Waals surface area contributed by atoms with Gasteiger partial charge in [-0.3, -0.25) is 14.5 Å². The largest absolute Gasteiger partial charge is 0.342 e. The summed E-state index contributed by atoms with van der Waals surface area (Å²) >= 11 is 0. The second-order valence-corrected chi connectivity index (χ2v) is 6.51. The molecule has 0 aliphatic carbocycles. The molecule has 130 valence electrons. The Hall–Kier alpha value is -2.90. The molecule has 8 nitrogen and oxygen atoms in total. The molecule has 0 spiro atoms. The van der Waals surface area contributed by atoms with E-state index in [2.05, 4.69) is 20.3 Å². The average molecular weight is 340 g/mol. The number of amides is 1. The molecule has 1 saturated heterocycles. The van der Waals surface area contributed by atoms with Gasteiger partial charge in [0.2, 0.25) is 5.91 Å². The van der Waals surface area contributed by atoms with Gasteiger partial charge in [-0.25, -0.2) is 9.89 Å². The molecule has 0 saturated carbocycles. The maximum Gasteiger partial charge on any atom is 0.340 e. The van der Waals surface area contributed by atoms with Gasteiger partial charge in [-0.1, -0.05) is 18.2 Å². The first-order chi connectivity index (χ1) is 12.1. The fourth-order valence-corrected chi connectivity index (χ4v) is 3.58. The van der Waals surface area contributed by atoms with Crippen molar-refractivity contribution >= 4 is 16.8 Å². The van der Waals surface area contributed by atoms with Crippen LogP contribution in [-0.4, -0.2) is 48.9 Å². The van der Waals surface area contributed by atoms with E-state index in [9.17, 15) is 9.59 Å². The highest BCUT2D eigenvalue weighted by atomic mass is 16.2. The Balaban J connectivity index is 1.51. The summed E-state index contributed by atoms with van der Waals surface area (Å²) in [6, 6.07) is 7.93. The summed E-state index contributed by atoms with van der Waals surface area (Å²) in [5, 5.41) is 11.9. The van der Waals surface area contributed by atoms with Crippen LogP contribution in [0.2, 0.25) is 0 Å². The number of rotatable bonds is 3. The molecule has 4 rings (SSSR count). The topological polar surface area (TPSA) is 99.7 Å². The van der Waals surface area contributed by atoms with Crippen LogP contribution in [0.15, 0.2) is 29.1 Å². The molecule has 2 aromatic heterocycles. The minimum Gasteiger partial charge on any atom is -0.342 e. The summed E-state index contributed by atoms with van der Waals surface area (Å²) in [4.78, 5) is 28.6. The minimum absolute atomic E-state index is 0.0615. The molecule has 0 radical (unpaired) electrons. The lowest BCUT2D eigenvalue weighted by molar-refractivity contribution is -0.131. The van der Waals surface area contributed by atoms with Crippen molar-refractivity contribution in [3.05, 3.63) is 46.3 Å². The van der Waals surface area contributed by atoms with Gasteiger partial charge in [0.15, 0.2) is 0 Å². The summed E-state index contributed by atoms with van der Waals surface area (Å²) < 4.78 is 1.81. The molecule has 3 aromatic rings. The van der Waals surface area contributed by atoms with Gasteiger partial charge in [0, 0.05) is 31.4 Å². The number of carbonyl (C=O) groups is 1. The number of fused-ring (bicyclic) bond motifs is 1. The van der Waals surface area contributed by atoms with Crippen LogP contribution in [0.1, 0.15) is 30.3 Å². The van der Waals surface area contributed by atoms with Gasteiger partial charge in [-0.05, 0) is 18.9 Å². The zero-order valence-electron chi connectivity index (χ0n) is 14.0. The lowest BCUT2D eigenvalue weighted by Crippen LogP contribution is -2.40. The lowest BCUT2D eigenvalue weighted by Gasteiger charge is -2.31. The van der Waals surface area contributed by atoms with E-state index in [1.807, 2.05) is 40.9 Å². The van der Waals surface area contributed by atoms with Crippen LogP contribution < -0.4 is 5.69 Å². The summed E-state index contributed by atoms with van der Waals surface area (Å²) in [5.74, 6) is 0.759. The van der Waals surface area contributed by atoms with Crippen molar-refractivity contribution in [2.45, 2.75) is 25.2 Å². The van der Waals surface area contributed by atoms with E-state index >= 15 is 0 Å². The zero-order chi connectivity index (χ0) is 17.4. The molecule has 1 aromatic carbocycles. The smallest absolute Gasteiger partial charge is 0.340 e. The third kappa shape index (κ3) is 2.95. The third-order valence-electron chi connectivity index (χ3n) is 4.83. The predicted octanol–water partition coefficient (Wildman–Crippen LogP) is 0.933. The van der Waals surface area contributed by atoms with Crippen molar-refractivity contribution in [1.29, 1.82) is 0 Å². The van der Waals surface area contributed by atoms with Gasteiger partial charge in [-0.15, -0.1) is 0 Å². The van der Waals surface area contributed by atoms with Crippen molar-refractivity contribution < 1.29 is 4.79 Å². The fraction of sp³-hybridized carbons (Fsp3) is 0.412. The summed E-state index contributed by atoms with van der Waals surface area (Å²) in [5.41, 5.74) is 1.52. The first kappa shape index (κ1) is 15.6. The Bertz CT molecular complexity index is 969. The quantitative estimate of drug-likeness (QED) is 0.741. The number of likely N-dealkylation sites (tertiary alicyclic amines) is 1. The molecule has 1 aliphatic heterocycles. The van der Waals surface area contributed by atoms with E-state index in [1.165, 1.54) is 0 Å². The van der Waals surface area contributed by atoms with Gasteiger partial charge in [0.05, 0.1) is 17.6 Å². The van der Waals surface area contributed by atoms with E-state index in [0.717, 1.165) is 36.0 Å². The Morgan fingerprint density at radius 3 is 3.00 bits per heavy atom. The SMILES string of the molecule is Cn1nc(CC(=O)N2CCCC(c3n[nH]c(=O)[nH]3)C2)c2ccccc21. The third-order valence-corrected chi connectivity index (χ3v) is 4.83. The number of para-hydroxylation sites is 1. The number of aromatic amines is 2. The number of benzene rings is 1. The summed E-state index contributed by atoms with van der Waals surface area (Å²) in [6.07, 6.45) is 2.09. The lowest BCUT2D eigenvalue weighted by atomic mass is 9.97. The van der Waals surface area contributed by atoms with Crippen LogP contribution in [0, 0.1) is 0 Å². The van der Waals surface area contributed by atoms with E-state index in [-0.39, 0.29) is 23.9 Å². The first-order valence-electron chi connectivity index (χ1n) is 8.45. The summed E-state index contributed by atoms with van der Waals surface area (Å²) in [7, 11) is 1.89. The number of H-pyrrole nitrogens is 2. The highest BCUT2D eigenvalue weighted by molar-refractivity contribution is 5.87. The van der Waals surface area contributed by atoms with Crippen LogP contribution in [0.4, 0.5) is 0 Å². The van der Waals surface area contributed by atoms with E-state index in [1.54, 1.807) is 0 Å². The van der Waals surface area contributed by atoms with Gasteiger partial charge < -0.3 is 4.90 Å². The van der Waals surface area contributed by atoms with E-state index < -0.39 is 0 Å². The molecule has 1 fully saturated rings. The number of carbonyl (C=O) groups excluding carboxylic acids is 1. The van der Waals surface area contributed by atoms with Crippen LogP contribution >= 0.6 is 0 Å². The normalized spacial score (nSPS) is 18.0. The van der Waals surface area contributed by atoms with Crippen LogP contribution in [-0.2, 0) is 18.3 Å². The second-order valence-electron chi connectivity index (χ2n) is 6.51. The number of nitrogens with zero attached hydrogens (tertiary/aromatic N) is 4. The Morgan fingerprint density at radius 1 is 1.36 bits per heavy atom. The standard InChI is InChI=1S/C17H20N6O2/c1-22-14-7-3-2-6-12(14)13(21-22)9-15(24)23-8-4-5-11(10-23)16-18-17(25)20-19-16/h2-3,6-7,11H,4-5,8-10H2,1H3,(H2,18,19,20,25). The van der Waals surface area contributed by atoms with E-state index in [0.29, 0.717) is 12.4 Å². The average Bonchev–Trinajstić information content (AvgIpc) is 3.20. The van der Waals surface area contributed by atoms with Crippen molar-refractivity contribution in [2.24, 2.45) is 7.05 Å².